The molecule has 1 aliphatic rings. The second-order valence-corrected chi connectivity index (χ2v) is 11.3. The van der Waals surface area contributed by atoms with Crippen LogP contribution < -0.4 is 5.32 Å². The largest absolute Gasteiger partial charge is 0.361 e. The first-order valence-corrected chi connectivity index (χ1v) is 13.7. The Hall–Kier alpha value is -3.42. The van der Waals surface area contributed by atoms with Gasteiger partial charge in [0.2, 0.25) is 5.91 Å². The number of hydrogen-bond donors (Lipinski definition) is 2. The van der Waals surface area contributed by atoms with Gasteiger partial charge in [0.15, 0.2) is 9.84 Å². The molecule has 7 heteroatoms. The van der Waals surface area contributed by atoms with Gasteiger partial charge in [0.1, 0.15) is 6.04 Å². The molecular weight excluding hydrogens is 458 g/mol. The summed E-state index contributed by atoms with van der Waals surface area (Å²) in [5, 5.41) is 4.34. The van der Waals surface area contributed by atoms with Crippen LogP contribution in [-0.4, -0.2) is 55.3 Å². The number of sulfone groups is 1. The number of H-pyrrole nitrogens is 1. The van der Waals surface area contributed by atoms with Gasteiger partial charge in [0.05, 0.1) is 11.5 Å². The second kappa shape index (κ2) is 10.1. The van der Waals surface area contributed by atoms with Crippen molar-refractivity contribution in [3.8, 4) is 0 Å². The molecule has 1 aromatic heterocycles. The first-order valence-electron chi connectivity index (χ1n) is 11.9. The minimum Gasteiger partial charge on any atom is -0.361 e. The number of para-hydroxylation sites is 1. The molecule has 2 N–H and O–H groups in total. The van der Waals surface area contributed by atoms with Crippen molar-refractivity contribution in [3.63, 3.8) is 0 Å². The lowest BCUT2D eigenvalue weighted by Crippen LogP contribution is -2.48. The monoisotopic (exact) mass is 487 g/mol. The zero-order valence-corrected chi connectivity index (χ0v) is 20.2. The van der Waals surface area contributed by atoms with E-state index in [1.54, 1.807) is 0 Å². The number of benzene rings is 3. The highest BCUT2D eigenvalue weighted by Gasteiger charge is 2.33. The molecule has 2 atom stereocenters. The lowest BCUT2D eigenvalue weighted by atomic mass is 9.90. The third-order valence-corrected chi connectivity index (χ3v) is 8.40. The first kappa shape index (κ1) is 23.3. The average molecular weight is 488 g/mol. The van der Waals surface area contributed by atoms with Gasteiger partial charge in [-0.25, -0.2) is 8.42 Å². The number of carbonyl (C=O) groups is 1. The molecule has 180 valence electrons. The molecule has 1 aliphatic heterocycles. The van der Waals surface area contributed by atoms with Crippen molar-refractivity contribution in [3.05, 3.63) is 108 Å². The zero-order chi connectivity index (χ0) is 24.3. The molecule has 6 nitrogen and oxygen atoms in total. The number of nitrogens with one attached hydrogen (secondary N) is 2. The van der Waals surface area contributed by atoms with E-state index in [0.29, 0.717) is 19.6 Å². The molecule has 5 rings (SSSR count). The highest BCUT2D eigenvalue weighted by atomic mass is 32.2. The van der Waals surface area contributed by atoms with Crippen LogP contribution in [-0.2, 0) is 14.6 Å². The number of carbonyl (C=O) groups excluding carboxylic acids is 1. The molecule has 0 radical (unpaired) electrons. The highest BCUT2D eigenvalue weighted by Crippen LogP contribution is 2.31. The van der Waals surface area contributed by atoms with E-state index in [1.165, 1.54) is 0 Å². The number of amides is 1. The summed E-state index contributed by atoms with van der Waals surface area (Å²) in [5.74, 6) is 0.00251. The Labute approximate surface area is 205 Å². The Morgan fingerprint density at radius 1 is 0.857 bits per heavy atom. The van der Waals surface area contributed by atoms with Crippen molar-refractivity contribution in [1.82, 2.24) is 15.2 Å². The fraction of sp³-hybridized carbons (Fsp3) is 0.250. The van der Waals surface area contributed by atoms with Crippen molar-refractivity contribution >= 4 is 26.6 Å². The van der Waals surface area contributed by atoms with Gasteiger partial charge in [-0.05, 0) is 22.8 Å². The minimum absolute atomic E-state index is 0.0329. The molecule has 0 bridgehead atoms. The topological polar surface area (TPSA) is 82.3 Å². The third kappa shape index (κ3) is 5.16. The van der Waals surface area contributed by atoms with Crippen LogP contribution in [0.5, 0.6) is 0 Å². The molecular formula is C28H29N3O3S. The average Bonchev–Trinajstić information content (AvgIpc) is 3.31. The molecule has 3 aromatic carbocycles. The maximum absolute atomic E-state index is 13.7. The van der Waals surface area contributed by atoms with Crippen molar-refractivity contribution in [1.29, 1.82) is 0 Å². The Morgan fingerprint density at radius 2 is 1.46 bits per heavy atom. The van der Waals surface area contributed by atoms with Crippen molar-refractivity contribution < 1.29 is 13.2 Å². The summed E-state index contributed by atoms with van der Waals surface area (Å²) >= 11 is 0. The summed E-state index contributed by atoms with van der Waals surface area (Å²) < 4.78 is 24.0. The smallest absolute Gasteiger partial charge is 0.241 e. The van der Waals surface area contributed by atoms with E-state index in [4.69, 9.17) is 0 Å². The fourth-order valence-corrected chi connectivity index (χ4v) is 6.15. The Balaban J connectivity index is 1.42. The van der Waals surface area contributed by atoms with Gasteiger partial charge in [0, 0.05) is 42.7 Å². The van der Waals surface area contributed by atoms with E-state index in [-0.39, 0.29) is 23.3 Å². The molecule has 4 aromatic rings. The number of rotatable bonds is 7. The summed E-state index contributed by atoms with van der Waals surface area (Å²) in [6.07, 6.45) is 2.03. The van der Waals surface area contributed by atoms with Crippen LogP contribution in [0.1, 0.15) is 28.7 Å². The standard InChI is InChI=1S/C28H29N3O3S/c32-28(27(22-11-5-2-6-12-22)31-15-17-35(33,34)18-16-31)30-19-24(21-9-3-1-4-10-21)25-20-29-26-14-8-7-13-23(25)26/h1-14,20,24,27,29H,15-19H2,(H,30,32). The van der Waals surface area contributed by atoms with Crippen molar-refractivity contribution in [2.45, 2.75) is 12.0 Å². The van der Waals surface area contributed by atoms with Crippen molar-refractivity contribution in [2.24, 2.45) is 0 Å². The Morgan fingerprint density at radius 3 is 2.14 bits per heavy atom. The maximum atomic E-state index is 13.7. The molecule has 2 unspecified atom stereocenters. The van der Waals surface area contributed by atoms with Gasteiger partial charge < -0.3 is 10.3 Å². The number of nitrogens with zero attached hydrogens (tertiary/aromatic N) is 1. The van der Waals surface area contributed by atoms with Crippen LogP contribution in [0.4, 0.5) is 0 Å². The van der Waals surface area contributed by atoms with Gasteiger partial charge >= 0.3 is 0 Å². The highest BCUT2D eigenvalue weighted by molar-refractivity contribution is 7.91. The fourth-order valence-electron chi connectivity index (χ4n) is 4.92. The van der Waals surface area contributed by atoms with Gasteiger partial charge in [-0.3, -0.25) is 9.69 Å². The lowest BCUT2D eigenvalue weighted by Gasteiger charge is -2.34. The van der Waals surface area contributed by atoms with Crippen LogP contribution in [0.3, 0.4) is 0 Å². The first-order chi connectivity index (χ1) is 17.0. The van der Waals surface area contributed by atoms with E-state index < -0.39 is 15.9 Å². The van der Waals surface area contributed by atoms with Crippen LogP contribution in [0.2, 0.25) is 0 Å². The SMILES string of the molecule is O=C(NCC(c1ccccc1)c1c[nH]c2ccccc12)C(c1ccccc1)N1CCS(=O)(=O)CC1. The molecule has 0 aliphatic carbocycles. The Kier molecular flexibility index (Phi) is 6.70. The second-order valence-electron chi connectivity index (χ2n) is 9.00. The van der Waals surface area contributed by atoms with Crippen LogP contribution in [0, 0.1) is 0 Å². The summed E-state index contributed by atoms with van der Waals surface area (Å²) in [6.45, 7) is 1.12. The van der Waals surface area contributed by atoms with E-state index in [0.717, 1.165) is 27.6 Å². The normalized spacial score (nSPS) is 17.6. The van der Waals surface area contributed by atoms with Gasteiger partial charge in [-0.2, -0.15) is 0 Å². The van der Waals surface area contributed by atoms with Gasteiger partial charge in [-0.15, -0.1) is 0 Å². The van der Waals surface area contributed by atoms with Crippen molar-refractivity contribution in [2.75, 3.05) is 31.1 Å². The molecule has 0 spiro atoms. The zero-order valence-electron chi connectivity index (χ0n) is 19.4. The maximum Gasteiger partial charge on any atom is 0.241 e. The number of hydrogen-bond acceptors (Lipinski definition) is 4. The lowest BCUT2D eigenvalue weighted by molar-refractivity contribution is -0.126. The summed E-state index contributed by atoms with van der Waals surface area (Å²) in [7, 11) is -3.05. The Bertz CT molecular complexity index is 1390. The molecule has 0 saturated carbocycles. The number of fused-ring (bicyclic) bond motifs is 1. The molecule has 1 saturated heterocycles. The third-order valence-electron chi connectivity index (χ3n) is 6.79. The van der Waals surface area contributed by atoms with E-state index in [1.807, 2.05) is 71.8 Å². The van der Waals surface area contributed by atoms with Gasteiger partial charge in [-0.1, -0.05) is 78.9 Å². The summed E-state index contributed by atoms with van der Waals surface area (Å²) in [4.78, 5) is 19.0. The van der Waals surface area contributed by atoms with Gasteiger partial charge in [0.25, 0.3) is 0 Å². The van der Waals surface area contributed by atoms with Crippen LogP contribution in [0.15, 0.2) is 91.1 Å². The van der Waals surface area contributed by atoms with E-state index in [2.05, 4.69) is 34.6 Å². The minimum atomic E-state index is -3.05. The predicted molar refractivity (Wildman–Crippen MR) is 139 cm³/mol. The van der Waals surface area contributed by atoms with E-state index >= 15 is 0 Å². The van der Waals surface area contributed by atoms with Crippen LogP contribution >= 0.6 is 0 Å². The molecule has 1 fully saturated rings. The molecule has 1 amide bonds. The predicted octanol–water partition coefficient (Wildman–Crippen LogP) is 3.89. The summed E-state index contributed by atoms with van der Waals surface area (Å²) in [5.41, 5.74) is 4.18. The number of aromatic nitrogens is 1. The summed E-state index contributed by atoms with van der Waals surface area (Å²) in [6, 6.07) is 27.4. The number of aromatic amines is 1. The quantitative estimate of drug-likeness (QED) is 0.414. The van der Waals surface area contributed by atoms with E-state index in [9.17, 15) is 13.2 Å². The molecule has 35 heavy (non-hydrogen) atoms. The molecule has 2 heterocycles. The van der Waals surface area contributed by atoms with Crippen LogP contribution in [0.25, 0.3) is 10.9 Å².